The summed E-state index contributed by atoms with van der Waals surface area (Å²) in [4.78, 5) is 29.5. The highest BCUT2D eigenvalue weighted by Crippen LogP contribution is 2.20. The summed E-state index contributed by atoms with van der Waals surface area (Å²) in [6.45, 7) is 0.494. The van der Waals surface area contributed by atoms with Crippen LogP contribution in [-0.4, -0.2) is 39.5 Å². The number of fused-ring (bicyclic) bond motifs is 1. The average molecular weight is 310 g/mol. The maximum absolute atomic E-state index is 12.4. The molecule has 0 aliphatic carbocycles. The fraction of sp³-hybridized carbons (Fsp3) is 0.278. The third kappa shape index (κ3) is 3.23. The van der Waals surface area contributed by atoms with E-state index in [0.717, 1.165) is 29.3 Å². The lowest BCUT2D eigenvalue weighted by Crippen LogP contribution is -2.47. The summed E-state index contributed by atoms with van der Waals surface area (Å²) < 4.78 is 0. The van der Waals surface area contributed by atoms with E-state index in [0.29, 0.717) is 13.0 Å². The second kappa shape index (κ2) is 6.60. The van der Waals surface area contributed by atoms with Gasteiger partial charge in [0, 0.05) is 29.8 Å². The van der Waals surface area contributed by atoms with Gasteiger partial charge in [0.2, 0.25) is 5.91 Å². The Morgan fingerprint density at radius 2 is 2.04 bits per heavy atom. The van der Waals surface area contributed by atoms with Gasteiger partial charge in [0.05, 0.1) is 5.52 Å². The molecule has 1 aromatic heterocycles. The number of pyridine rings is 1. The Hall–Kier alpha value is -2.69. The first-order valence-electron chi connectivity index (χ1n) is 7.72. The lowest BCUT2D eigenvalue weighted by molar-refractivity contribution is -0.150. The highest BCUT2D eigenvalue weighted by atomic mass is 16.4. The number of amides is 1. The van der Waals surface area contributed by atoms with Gasteiger partial charge in [-0.3, -0.25) is 9.78 Å². The van der Waals surface area contributed by atoms with Crippen molar-refractivity contribution in [1.29, 1.82) is 0 Å². The molecule has 1 aliphatic rings. The number of likely N-dealkylation sites (tertiary alicyclic amines) is 1. The summed E-state index contributed by atoms with van der Waals surface area (Å²) in [6, 6.07) is 8.89. The van der Waals surface area contributed by atoms with E-state index in [1.54, 1.807) is 12.3 Å². The molecule has 3 rings (SSSR count). The van der Waals surface area contributed by atoms with Gasteiger partial charge in [-0.15, -0.1) is 0 Å². The molecule has 5 nitrogen and oxygen atoms in total. The first-order chi connectivity index (χ1) is 11.2. The predicted octanol–water partition coefficient (Wildman–Crippen LogP) is 2.71. The summed E-state index contributed by atoms with van der Waals surface area (Å²) in [5.41, 5.74) is 1.67. The van der Waals surface area contributed by atoms with Crippen LogP contribution < -0.4 is 0 Å². The molecule has 5 heteroatoms. The van der Waals surface area contributed by atoms with Crippen LogP contribution in [0.2, 0.25) is 0 Å². The Bertz CT molecular complexity index is 764. The molecule has 1 amide bonds. The zero-order valence-electron chi connectivity index (χ0n) is 12.7. The van der Waals surface area contributed by atoms with Gasteiger partial charge in [-0.2, -0.15) is 0 Å². The number of benzene rings is 1. The Morgan fingerprint density at radius 3 is 2.87 bits per heavy atom. The molecular formula is C18H18N2O3. The van der Waals surface area contributed by atoms with Crippen LogP contribution in [0.1, 0.15) is 24.8 Å². The molecule has 1 atom stereocenters. The van der Waals surface area contributed by atoms with E-state index in [1.807, 2.05) is 30.3 Å². The highest BCUT2D eigenvalue weighted by molar-refractivity contribution is 5.97. The topological polar surface area (TPSA) is 70.5 Å². The molecule has 23 heavy (non-hydrogen) atoms. The van der Waals surface area contributed by atoms with Crippen molar-refractivity contribution >= 4 is 28.9 Å². The second-order valence-corrected chi connectivity index (χ2v) is 5.64. The molecule has 1 unspecified atom stereocenters. The molecule has 118 valence electrons. The zero-order chi connectivity index (χ0) is 16.2. The van der Waals surface area contributed by atoms with Gasteiger partial charge < -0.3 is 10.0 Å². The number of carbonyl (C=O) groups excluding carboxylic acids is 1. The number of carboxylic acids is 1. The average Bonchev–Trinajstić information content (AvgIpc) is 2.59. The van der Waals surface area contributed by atoms with Crippen LogP contribution >= 0.6 is 0 Å². The number of aliphatic carboxylic acids is 1. The minimum absolute atomic E-state index is 0.259. The lowest BCUT2D eigenvalue weighted by atomic mass is 10.0. The smallest absolute Gasteiger partial charge is 0.326 e. The van der Waals surface area contributed by atoms with Crippen molar-refractivity contribution in [3.63, 3.8) is 0 Å². The normalized spacial score (nSPS) is 18.4. The minimum Gasteiger partial charge on any atom is -0.480 e. The minimum atomic E-state index is -0.932. The second-order valence-electron chi connectivity index (χ2n) is 5.64. The van der Waals surface area contributed by atoms with Crippen LogP contribution in [0.3, 0.4) is 0 Å². The fourth-order valence-corrected chi connectivity index (χ4v) is 2.97. The van der Waals surface area contributed by atoms with Gasteiger partial charge in [0.15, 0.2) is 0 Å². The van der Waals surface area contributed by atoms with Crippen molar-refractivity contribution in [3.8, 4) is 0 Å². The summed E-state index contributed by atoms with van der Waals surface area (Å²) in [5, 5.41) is 10.3. The van der Waals surface area contributed by atoms with Crippen molar-refractivity contribution in [2.75, 3.05) is 6.54 Å². The molecule has 1 fully saturated rings. The van der Waals surface area contributed by atoms with E-state index < -0.39 is 12.0 Å². The number of nitrogens with zero attached hydrogens (tertiary/aromatic N) is 2. The van der Waals surface area contributed by atoms with Crippen molar-refractivity contribution in [1.82, 2.24) is 9.88 Å². The number of aromatic nitrogens is 1. The van der Waals surface area contributed by atoms with Crippen LogP contribution in [0.15, 0.2) is 42.6 Å². The number of hydrogen-bond donors (Lipinski definition) is 1. The fourth-order valence-electron chi connectivity index (χ4n) is 2.97. The molecule has 1 N–H and O–H groups in total. The molecule has 0 spiro atoms. The van der Waals surface area contributed by atoms with Crippen molar-refractivity contribution in [2.45, 2.75) is 25.3 Å². The van der Waals surface area contributed by atoms with E-state index in [1.165, 1.54) is 11.0 Å². The molecule has 0 radical (unpaired) electrons. The quantitative estimate of drug-likeness (QED) is 0.885. The summed E-state index contributed by atoms with van der Waals surface area (Å²) in [7, 11) is 0. The molecule has 2 heterocycles. The number of carboxylic acid groups (broad SMARTS) is 1. The van der Waals surface area contributed by atoms with Crippen molar-refractivity contribution < 1.29 is 14.7 Å². The molecule has 1 aliphatic heterocycles. The van der Waals surface area contributed by atoms with Gasteiger partial charge >= 0.3 is 5.97 Å². The van der Waals surface area contributed by atoms with Crippen LogP contribution in [0.5, 0.6) is 0 Å². The van der Waals surface area contributed by atoms with Gasteiger partial charge in [0.1, 0.15) is 6.04 Å². The Kier molecular flexibility index (Phi) is 4.37. The largest absolute Gasteiger partial charge is 0.480 e. The van der Waals surface area contributed by atoms with Crippen LogP contribution in [0.4, 0.5) is 0 Å². The van der Waals surface area contributed by atoms with Crippen LogP contribution in [0.25, 0.3) is 17.0 Å². The first kappa shape index (κ1) is 15.2. The third-order valence-corrected chi connectivity index (χ3v) is 4.14. The van der Waals surface area contributed by atoms with E-state index in [4.69, 9.17) is 0 Å². The van der Waals surface area contributed by atoms with E-state index in [9.17, 15) is 14.7 Å². The van der Waals surface area contributed by atoms with Crippen LogP contribution in [0, 0.1) is 0 Å². The monoisotopic (exact) mass is 310 g/mol. The molecule has 0 bridgehead atoms. The summed E-state index contributed by atoms with van der Waals surface area (Å²) in [6.07, 6.45) is 7.09. The van der Waals surface area contributed by atoms with E-state index in [-0.39, 0.29) is 5.91 Å². The molecule has 0 saturated carbocycles. The standard InChI is InChI=1S/C18H18N2O3/c21-16(20-12-2-1-8-15(20)18(22)23)10-9-14-6-3-5-13-7-4-11-19-17(13)14/h3-7,9-11,15H,1-2,8,12H2,(H,22,23). The highest BCUT2D eigenvalue weighted by Gasteiger charge is 2.30. The van der Waals surface area contributed by atoms with Gasteiger partial charge in [-0.05, 0) is 31.4 Å². The van der Waals surface area contributed by atoms with E-state index in [2.05, 4.69) is 4.98 Å². The van der Waals surface area contributed by atoms with E-state index >= 15 is 0 Å². The number of piperidine rings is 1. The Morgan fingerprint density at radius 1 is 1.22 bits per heavy atom. The molecule has 1 saturated heterocycles. The first-order valence-corrected chi connectivity index (χ1v) is 7.72. The zero-order valence-corrected chi connectivity index (χ0v) is 12.7. The molecule has 2 aromatic rings. The maximum Gasteiger partial charge on any atom is 0.326 e. The van der Waals surface area contributed by atoms with Gasteiger partial charge in [-0.1, -0.05) is 24.3 Å². The summed E-state index contributed by atoms with van der Waals surface area (Å²) in [5.74, 6) is -1.19. The number of rotatable bonds is 3. The predicted molar refractivity (Wildman–Crippen MR) is 87.8 cm³/mol. The molecule has 1 aromatic carbocycles. The van der Waals surface area contributed by atoms with Crippen LogP contribution in [-0.2, 0) is 9.59 Å². The van der Waals surface area contributed by atoms with Gasteiger partial charge in [0.25, 0.3) is 0 Å². The Labute approximate surface area is 134 Å². The summed E-state index contributed by atoms with van der Waals surface area (Å²) >= 11 is 0. The number of carbonyl (C=O) groups is 2. The lowest BCUT2D eigenvalue weighted by Gasteiger charge is -2.32. The number of para-hydroxylation sites is 1. The van der Waals surface area contributed by atoms with Crippen molar-refractivity contribution in [2.24, 2.45) is 0 Å². The number of hydrogen-bond acceptors (Lipinski definition) is 3. The molecular weight excluding hydrogens is 292 g/mol. The maximum atomic E-state index is 12.4. The SMILES string of the molecule is O=C(O)C1CCCCN1C(=O)C=Cc1cccc2cccnc12. The van der Waals surface area contributed by atoms with Gasteiger partial charge in [-0.25, -0.2) is 4.79 Å². The third-order valence-electron chi connectivity index (χ3n) is 4.14. The van der Waals surface area contributed by atoms with Crippen molar-refractivity contribution in [3.05, 3.63) is 48.2 Å². The Balaban J connectivity index is 1.83.